The standard InChI is InChI=1S/C26H38N4O2.HI/c1-21-10-11-24(25(16-21)32-20-23-12-15-31-19-23)17-29-26(27-2)28-13-7-14-30(3)18-22-8-5-4-6-9-22;/h4-6,8-11,16,23H,7,12-15,17-20H2,1-3H3,(H2,27,28,29);1H. The normalized spacial score (nSPS) is 15.9. The molecular formula is C26H39IN4O2. The van der Waals surface area contributed by atoms with Crippen molar-refractivity contribution in [3.05, 3.63) is 65.2 Å². The van der Waals surface area contributed by atoms with Gasteiger partial charge >= 0.3 is 0 Å². The average molecular weight is 567 g/mol. The molecule has 182 valence electrons. The molecule has 33 heavy (non-hydrogen) atoms. The first kappa shape index (κ1) is 27.4. The fourth-order valence-corrected chi connectivity index (χ4v) is 3.79. The number of guanidine groups is 1. The molecule has 1 unspecified atom stereocenters. The third-order valence-electron chi connectivity index (χ3n) is 5.70. The summed E-state index contributed by atoms with van der Waals surface area (Å²) in [5.41, 5.74) is 3.69. The van der Waals surface area contributed by atoms with Gasteiger partial charge in [-0.3, -0.25) is 4.99 Å². The molecule has 0 bridgehead atoms. The van der Waals surface area contributed by atoms with E-state index in [9.17, 15) is 0 Å². The van der Waals surface area contributed by atoms with Gasteiger partial charge in [-0.05, 0) is 50.6 Å². The van der Waals surface area contributed by atoms with Crippen LogP contribution in [-0.4, -0.2) is 57.9 Å². The zero-order valence-corrected chi connectivity index (χ0v) is 22.5. The summed E-state index contributed by atoms with van der Waals surface area (Å²) in [5, 5.41) is 6.84. The van der Waals surface area contributed by atoms with Gasteiger partial charge in [0.15, 0.2) is 5.96 Å². The highest BCUT2D eigenvalue weighted by Crippen LogP contribution is 2.22. The smallest absolute Gasteiger partial charge is 0.191 e. The van der Waals surface area contributed by atoms with Crippen molar-refractivity contribution < 1.29 is 9.47 Å². The average Bonchev–Trinajstić information content (AvgIpc) is 3.32. The topological polar surface area (TPSA) is 58.1 Å². The zero-order chi connectivity index (χ0) is 22.6. The maximum atomic E-state index is 6.16. The lowest BCUT2D eigenvalue weighted by atomic mass is 10.1. The molecule has 1 heterocycles. The largest absolute Gasteiger partial charge is 0.493 e. The molecule has 1 aliphatic rings. The van der Waals surface area contributed by atoms with Gasteiger partial charge in [0.25, 0.3) is 0 Å². The van der Waals surface area contributed by atoms with Crippen LogP contribution < -0.4 is 15.4 Å². The van der Waals surface area contributed by atoms with Crippen LogP contribution in [0.4, 0.5) is 0 Å². The van der Waals surface area contributed by atoms with Crippen molar-refractivity contribution in [2.24, 2.45) is 10.9 Å². The van der Waals surface area contributed by atoms with Gasteiger partial charge in [-0.1, -0.05) is 42.5 Å². The molecule has 3 rings (SSSR count). The van der Waals surface area contributed by atoms with E-state index in [1.165, 1.54) is 11.1 Å². The van der Waals surface area contributed by atoms with Crippen molar-refractivity contribution >= 4 is 29.9 Å². The van der Waals surface area contributed by atoms with E-state index >= 15 is 0 Å². The summed E-state index contributed by atoms with van der Waals surface area (Å²) < 4.78 is 11.6. The molecular weight excluding hydrogens is 527 g/mol. The van der Waals surface area contributed by atoms with E-state index in [4.69, 9.17) is 9.47 Å². The van der Waals surface area contributed by atoms with E-state index in [2.05, 4.69) is 83.0 Å². The van der Waals surface area contributed by atoms with Gasteiger partial charge in [0.1, 0.15) is 5.75 Å². The Morgan fingerprint density at radius 2 is 2.00 bits per heavy atom. The van der Waals surface area contributed by atoms with E-state index < -0.39 is 0 Å². The van der Waals surface area contributed by atoms with Gasteiger partial charge in [0.2, 0.25) is 0 Å². The van der Waals surface area contributed by atoms with Crippen LogP contribution in [0.15, 0.2) is 53.5 Å². The maximum absolute atomic E-state index is 6.16. The Hall–Kier alpha value is -1.84. The second-order valence-electron chi connectivity index (χ2n) is 8.58. The molecule has 0 radical (unpaired) electrons. The van der Waals surface area contributed by atoms with Crippen LogP contribution in [0, 0.1) is 12.8 Å². The quantitative estimate of drug-likeness (QED) is 0.185. The van der Waals surface area contributed by atoms with E-state index in [-0.39, 0.29) is 24.0 Å². The summed E-state index contributed by atoms with van der Waals surface area (Å²) in [7, 11) is 3.97. The Bertz CT molecular complexity index is 841. The fourth-order valence-electron chi connectivity index (χ4n) is 3.79. The molecule has 2 aromatic rings. The minimum Gasteiger partial charge on any atom is -0.493 e. The molecule has 0 amide bonds. The molecule has 7 heteroatoms. The van der Waals surface area contributed by atoms with Crippen molar-refractivity contribution in [3.63, 3.8) is 0 Å². The number of benzene rings is 2. The molecule has 1 saturated heterocycles. The summed E-state index contributed by atoms with van der Waals surface area (Å²) in [6.07, 6.45) is 2.13. The minimum atomic E-state index is 0. The summed E-state index contributed by atoms with van der Waals surface area (Å²) in [6.45, 7) is 7.99. The Labute approximate surface area is 216 Å². The summed E-state index contributed by atoms with van der Waals surface area (Å²) in [6, 6.07) is 17.0. The van der Waals surface area contributed by atoms with Crippen LogP contribution in [0.2, 0.25) is 0 Å². The van der Waals surface area contributed by atoms with Gasteiger partial charge in [0, 0.05) is 44.8 Å². The van der Waals surface area contributed by atoms with Crippen LogP contribution in [0.1, 0.15) is 29.5 Å². The molecule has 0 spiro atoms. The number of nitrogens with zero attached hydrogens (tertiary/aromatic N) is 2. The molecule has 1 atom stereocenters. The number of aryl methyl sites for hydroxylation is 1. The van der Waals surface area contributed by atoms with E-state index in [0.717, 1.165) is 63.0 Å². The van der Waals surface area contributed by atoms with Gasteiger partial charge in [-0.15, -0.1) is 24.0 Å². The Morgan fingerprint density at radius 3 is 2.73 bits per heavy atom. The summed E-state index contributed by atoms with van der Waals surface area (Å²) >= 11 is 0. The first-order valence-electron chi connectivity index (χ1n) is 11.6. The van der Waals surface area contributed by atoms with Crippen molar-refractivity contribution in [1.82, 2.24) is 15.5 Å². The van der Waals surface area contributed by atoms with E-state index in [0.29, 0.717) is 19.1 Å². The second-order valence-corrected chi connectivity index (χ2v) is 8.58. The number of rotatable bonds is 11. The first-order valence-corrected chi connectivity index (χ1v) is 11.6. The fraction of sp³-hybridized carbons (Fsp3) is 0.500. The first-order chi connectivity index (χ1) is 15.6. The number of halogens is 1. The molecule has 1 fully saturated rings. The Kier molecular flexibility index (Phi) is 12.6. The molecule has 2 N–H and O–H groups in total. The zero-order valence-electron chi connectivity index (χ0n) is 20.2. The molecule has 0 aliphatic carbocycles. The highest BCUT2D eigenvalue weighted by Gasteiger charge is 2.17. The van der Waals surface area contributed by atoms with Gasteiger partial charge in [0.05, 0.1) is 13.2 Å². The van der Waals surface area contributed by atoms with Crippen LogP contribution in [0.25, 0.3) is 0 Å². The molecule has 0 saturated carbocycles. The predicted molar refractivity (Wildman–Crippen MR) is 147 cm³/mol. The SMILES string of the molecule is CN=C(NCCCN(C)Cc1ccccc1)NCc1ccc(C)cc1OCC1CCOC1.I. The summed E-state index contributed by atoms with van der Waals surface area (Å²) in [5.74, 6) is 2.25. The maximum Gasteiger partial charge on any atom is 0.191 e. The molecule has 2 aromatic carbocycles. The number of hydrogen-bond donors (Lipinski definition) is 2. The predicted octanol–water partition coefficient (Wildman–Crippen LogP) is 4.22. The minimum absolute atomic E-state index is 0. The highest BCUT2D eigenvalue weighted by molar-refractivity contribution is 14.0. The lowest BCUT2D eigenvalue weighted by Gasteiger charge is -2.18. The lowest BCUT2D eigenvalue weighted by molar-refractivity contribution is 0.166. The molecule has 1 aliphatic heterocycles. The number of nitrogens with one attached hydrogen (secondary N) is 2. The number of hydrogen-bond acceptors (Lipinski definition) is 4. The van der Waals surface area contributed by atoms with E-state index in [1.807, 2.05) is 7.05 Å². The van der Waals surface area contributed by atoms with Crippen molar-refractivity contribution in [2.75, 3.05) is 47.0 Å². The van der Waals surface area contributed by atoms with Crippen molar-refractivity contribution in [3.8, 4) is 5.75 Å². The molecule has 0 aromatic heterocycles. The van der Waals surface area contributed by atoms with E-state index in [1.54, 1.807) is 0 Å². The van der Waals surface area contributed by atoms with Gasteiger partial charge in [-0.2, -0.15) is 0 Å². The van der Waals surface area contributed by atoms with Crippen LogP contribution in [0.3, 0.4) is 0 Å². The number of ether oxygens (including phenoxy) is 2. The van der Waals surface area contributed by atoms with Crippen LogP contribution in [-0.2, 0) is 17.8 Å². The van der Waals surface area contributed by atoms with Crippen LogP contribution in [0.5, 0.6) is 5.75 Å². The Balaban J connectivity index is 0.00000385. The third kappa shape index (κ3) is 9.90. The van der Waals surface area contributed by atoms with Crippen molar-refractivity contribution in [2.45, 2.75) is 32.9 Å². The highest BCUT2D eigenvalue weighted by atomic mass is 127. The number of aliphatic imine (C=N–C) groups is 1. The Morgan fingerprint density at radius 1 is 1.18 bits per heavy atom. The van der Waals surface area contributed by atoms with Gasteiger partial charge in [-0.25, -0.2) is 0 Å². The van der Waals surface area contributed by atoms with Crippen LogP contribution >= 0.6 is 24.0 Å². The van der Waals surface area contributed by atoms with Gasteiger partial charge < -0.3 is 25.0 Å². The van der Waals surface area contributed by atoms with Crippen molar-refractivity contribution in [1.29, 1.82) is 0 Å². The third-order valence-corrected chi connectivity index (χ3v) is 5.70. The monoisotopic (exact) mass is 566 g/mol. The lowest BCUT2D eigenvalue weighted by Crippen LogP contribution is -2.38. The summed E-state index contributed by atoms with van der Waals surface area (Å²) in [4.78, 5) is 6.71. The second kappa shape index (κ2) is 15.1. The molecule has 6 nitrogen and oxygen atoms in total.